The quantitative estimate of drug-likeness (QED) is 0.902. The maximum atomic E-state index is 11.1. The van der Waals surface area contributed by atoms with Crippen LogP contribution in [-0.4, -0.2) is 26.5 Å². The number of rotatable bonds is 3. The predicted molar refractivity (Wildman–Crippen MR) is 70.9 cm³/mol. The topological polar surface area (TPSA) is 76.3 Å². The van der Waals surface area contributed by atoms with Crippen LogP contribution in [-0.2, 0) is 10.0 Å². The third kappa shape index (κ3) is 3.00. The highest BCUT2D eigenvalue weighted by atomic mass is 32.2. The largest absolute Gasteiger partial charge is 0.357 e. The van der Waals surface area contributed by atoms with Gasteiger partial charge in [-0.15, -0.1) is 0 Å². The molecule has 1 aromatic heterocycles. The summed E-state index contributed by atoms with van der Waals surface area (Å²) in [4.78, 5) is 6.38. The standard InChI is InChI=1S/C12H19N3O2S/c1-15(10-5-3-2-4-6-10)12-8-7-11(9-14-12)18(13,16)17/h7-10H,2-6H2,1H3,(H2,13,16,17). The lowest BCUT2D eigenvalue weighted by Gasteiger charge is -2.32. The van der Waals surface area contributed by atoms with E-state index in [1.807, 2.05) is 7.05 Å². The zero-order valence-electron chi connectivity index (χ0n) is 10.5. The second-order valence-corrected chi connectivity index (χ2v) is 6.36. The molecule has 100 valence electrons. The van der Waals surface area contributed by atoms with E-state index in [9.17, 15) is 8.42 Å². The van der Waals surface area contributed by atoms with Crippen molar-refractivity contribution < 1.29 is 8.42 Å². The lowest BCUT2D eigenvalue weighted by atomic mass is 9.94. The van der Waals surface area contributed by atoms with Gasteiger partial charge in [0, 0.05) is 19.3 Å². The van der Waals surface area contributed by atoms with Gasteiger partial charge in [-0.25, -0.2) is 18.5 Å². The summed E-state index contributed by atoms with van der Waals surface area (Å²) >= 11 is 0. The Kier molecular flexibility index (Phi) is 3.87. The second kappa shape index (κ2) is 5.24. The number of aromatic nitrogens is 1. The molecular formula is C12H19N3O2S. The van der Waals surface area contributed by atoms with Crippen LogP contribution in [0.15, 0.2) is 23.2 Å². The Hall–Kier alpha value is -1.14. The summed E-state index contributed by atoms with van der Waals surface area (Å²) in [6.07, 6.45) is 7.49. The fourth-order valence-corrected chi connectivity index (χ4v) is 2.86. The maximum Gasteiger partial charge on any atom is 0.239 e. The van der Waals surface area contributed by atoms with Gasteiger partial charge in [0.25, 0.3) is 0 Å². The van der Waals surface area contributed by atoms with E-state index in [1.54, 1.807) is 6.07 Å². The van der Waals surface area contributed by atoms with Gasteiger partial charge < -0.3 is 4.90 Å². The van der Waals surface area contributed by atoms with Gasteiger partial charge in [-0.3, -0.25) is 0 Å². The SMILES string of the molecule is CN(c1ccc(S(N)(=O)=O)cn1)C1CCCCC1. The molecule has 1 saturated carbocycles. The Bertz CT molecular complexity index is 493. The summed E-state index contributed by atoms with van der Waals surface area (Å²) in [5.74, 6) is 0.800. The van der Waals surface area contributed by atoms with E-state index in [2.05, 4.69) is 9.88 Å². The first-order valence-electron chi connectivity index (χ1n) is 6.20. The molecule has 1 aliphatic rings. The summed E-state index contributed by atoms with van der Waals surface area (Å²) < 4.78 is 22.3. The van der Waals surface area contributed by atoms with Crippen molar-refractivity contribution >= 4 is 15.8 Å². The van der Waals surface area contributed by atoms with Crippen molar-refractivity contribution in [2.75, 3.05) is 11.9 Å². The number of primary sulfonamides is 1. The average molecular weight is 269 g/mol. The van der Waals surface area contributed by atoms with Crippen LogP contribution in [0.25, 0.3) is 0 Å². The predicted octanol–water partition coefficient (Wildman–Crippen LogP) is 1.50. The molecule has 2 rings (SSSR count). The van der Waals surface area contributed by atoms with E-state index in [0.717, 1.165) is 5.82 Å². The van der Waals surface area contributed by atoms with Crippen LogP contribution in [0.1, 0.15) is 32.1 Å². The number of hydrogen-bond donors (Lipinski definition) is 1. The van der Waals surface area contributed by atoms with Crippen LogP contribution in [0.5, 0.6) is 0 Å². The molecule has 18 heavy (non-hydrogen) atoms. The highest BCUT2D eigenvalue weighted by molar-refractivity contribution is 7.89. The maximum absolute atomic E-state index is 11.1. The first-order chi connectivity index (χ1) is 8.48. The second-order valence-electron chi connectivity index (χ2n) is 4.80. The van der Waals surface area contributed by atoms with Gasteiger partial charge in [0.15, 0.2) is 0 Å². The monoisotopic (exact) mass is 269 g/mol. The van der Waals surface area contributed by atoms with Crippen LogP contribution in [0.2, 0.25) is 0 Å². The van der Waals surface area contributed by atoms with Crippen LogP contribution in [0.3, 0.4) is 0 Å². The minimum atomic E-state index is -3.65. The van der Waals surface area contributed by atoms with E-state index >= 15 is 0 Å². The van der Waals surface area contributed by atoms with E-state index in [4.69, 9.17) is 5.14 Å². The fourth-order valence-electron chi connectivity index (χ4n) is 2.40. The molecule has 5 nitrogen and oxygen atoms in total. The smallest absolute Gasteiger partial charge is 0.239 e. The molecule has 0 bridgehead atoms. The number of anilines is 1. The number of pyridine rings is 1. The van der Waals surface area contributed by atoms with Gasteiger partial charge in [0.1, 0.15) is 10.7 Å². The summed E-state index contributed by atoms with van der Waals surface area (Å²) in [5, 5.41) is 5.04. The number of nitrogens with zero attached hydrogens (tertiary/aromatic N) is 2. The van der Waals surface area contributed by atoms with Gasteiger partial charge in [0.05, 0.1) is 0 Å². The van der Waals surface area contributed by atoms with E-state index in [1.165, 1.54) is 44.4 Å². The average Bonchev–Trinajstić information content (AvgIpc) is 2.38. The fraction of sp³-hybridized carbons (Fsp3) is 0.583. The molecule has 6 heteroatoms. The molecule has 0 aliphatic heterocycles. The molecule has 0 saturated heterocycles. The zero-order valence-corrected chi connectivity index (χ0v) is 11.4. The third-order valence-electron chi connectivity index (χ3n) is 3.53. The molecule has 0 unspecified atom stereocenters. The molecular weight excluding hydrogens is 250 g/mol. The van der Waals surface area contributed by atoms with Crippen LogP contribution in [0.4, 0.5) is 5.82 Å². The summed E-state index contributed by atoms with van der Waals surface area (Å²) in [7, 11) is -1.64. The van der Waals surface area contributed by atoms with Gasteiger partial charge in [-0.1, -0.05) is 19.3 Å². The van der Waals surface area contributed by atoms with Crippen molar-refractivity contribution in [3.05, 3.63) is 18.3 Å². The van der Waals surface area contributed by atoms with E-state index in [0.29, 0.717) is 6.04 Å². The molecule has 0 spiro atoms. The number of hydrogen-bond acceptors (Lipinski definition) is 4. The molecule has 1 heterocycles. The Morgan fingerprint density at radius 1 is 1.28 bits per heavy atom. The highest BCUT2D eigenvalue weighted by Crippen LogP contribution is 2.25. The molecule has 1 fully saturated rings. The Morgan fingerprint density at radius 3 is 2.44 bits per heavy atom. The summed E-state index contributed by atoms with van der Waals surface area (Å²) in [6, 6.07) is 3.73. The summed E-state index contributed by atoms with van der Waals surface area (Å²) in [5.41, 5.74) is 0. The van der Waals surface area contributed by atoms with E-state index in [-0.39, 0.29) is 4.90 Å². The molecule has 0 amide bonds. The van der Waals surface area contributed by atoms with Gasteiger partial charge in [-0.2, -0.15) is 0 Å². The van der Waals surface area contributed by atoms with Crippen molar-refractivity contribution in [1.29, 1.82) is 0 Å². The molecule has 1 aromatic rings. The first-order valence-corrected chi connectivity index (χ1v) is 7.75. The molecule has 0 atom stereocenters. The van der Waals surface area contributed by atoms with Crippen molar-refractivity contribution in [3.63, 3.8) is 0 Å². The molecule has 0 radical (unpaired) electrons. The number of nitrogens with two attached hydrogens (primary N) is 1. The lowest BCUT2D eigenvalue weighted by Crippen LogP contribution is -2.33. The van der Waals surface area contributed by atoms with Crippen LogP contribution < -0.4 is 10.0 Å². The van der Waals surface area contributed by atoms with Gasteiger partial charge >= 0.3 is 0 Å². The van der Waals surface area contributed by atoms with Crippen molar-refractivity contribution in [2.24, 2.45) is 5.14 Å². The summed E-state index contributed by atoms with van der Waals surface area (Å²) in [6.45, 7) is 0. The molecule has 0 aromatic carbocycles. The Balaban J connectivity index is 2.13. The normalized spacial score (nSPS) is 17.7. The van der Waals surface area contributed by atoms with Crippen molar-refractivity contribution in [1.82, 2.24) is 4.98 Å². The van der Waals surface area contributed by atoms with Crippen LogP contribution in [0, 0.1) is 0 Å². The minimum Gasteiger partial charge on any atom is -0.357 e. The van der Waals surface area contributed by atoms with Gasteiger partial charge in [-0.05, 0) is 25.0 Å². The highest BCUT2D eigenvalue weighted by Gasteiger charge is 2.19. The van der Waals surface area contributed by atoms with Crippen LogP contribution >= 0.6 is 0 Å². The Labute approximate surface area is 108 Å². The molecule has 1 aliphatic carbocycles. The molecule has 2 N–H and O–H groups in total. The number of sulfonamides is 1. The van der Waals surface area contributed by atoms with Crippen molar-refractivity contribution in [3.8, 4) is 0 Å². The van der Waals surface area contributed by atoms with E-state index < -0.39 is 10.0 Å². The van der Waals surface area contributed by atoms with Gasteiger partial charge in [0.2, 0.25) is 10.0 Å². The Morgan fingerprint density at radius 2 is 1.94 bits per heavy atom. The van der Waals surface area contributed by atoms with Crippen molar-refractivity contribution in [2.45, 2.75) is 43.0 Å². The zero-order chi connectivity index (χ0) is 13.2. The third-order valence-corrected chi connectivity index (χ3v) is 4.43. The first kappa shape index (κ1) is 13.3. The lowest BCUT2D eigenvalue weighted by molar-refractivity contribution is 0.426. The minimum absolute atomic E-state index is 0.0586.